The van der Waals surface area contributed by atoms with Crippen LogP contribution < -0.4 is 0 Å². The molecular weight excluding hydrogens is 184 g/mol. The number of halogens is 1. The number of rotatable bonds is 1. The van der Waals surface area contributed by atoms with Gasteiger partial charge in [0.15, 0.2) is 0 Å². The molecule has 1 saturated carbocycles. The van der Waals surface area contributed by atoms with Crippen LogP contribution in [0, 0.1) is 11.8 Å². The van der Waals surface area contributed by atoms with E-state index in [0.29, 0.717) is 0 Å². The molecule has 0 radical (unpaired) electrons. The van der Waals surface area contributed by atoms with Crippen molar-refractivity contribution in [2.75, 3.05) is 0 Å². The van der Waals surface area contributed by atoms with Crippen LogP contribution in [-0.4, -0.2) is 15.4 Å². The first-order valence-corrected chi connectivity index (χ1v) is 3.73. The molecule has 2 atom stereocenters. The Morgan fingerprint density at radius 1 is 1.56 bits per heavy atom. The first-order valence-electron chi connectivity index (χ1n) is 2.93. The molecule has 0 unspecified atom stereocenters. The second kappa shape index (κ2) is 1.72. The smallest absolute Gasteiger partial charge is 0.321 e. The number of carbonyl (C=O) groups is 1. The zero-order valence-corrected chi connectivity index (χ0v) is 6.97. The van der Waals surface area contributed by atoms with Crippen molar-refractivity contribution in [3.63, 3.8) is 0 Å². The Morgan fingerprint density at radius 3 is 1.89 bits per heavy atom. The number of hydrogen-bond acceptors (Lipinski definition) is 1. The van der Waals surface area contributed by atoms with Gasteiger partial charge in [-0.05, 0) is 11.8 Å². The van der Waals surface area contributed by atoms with Gasteiger partial charge in [-0.3, -0.25) is 4.79 Å². The van der Waals surface area contributed by atoms with Gasteiger partial charge in [-0.2, -0.15) is 0 Å². The molecule has 0 amide bonds. The summed E-state index contributed by atoms with van der Waals surface area (Å²) in [6, 6.07) is 0. The fourth-order valence-corrected chi connectivity index (χ4v) is 1.78. The lowest BCUT2D eigenvalue weighted by Crippen LogP contribution is -2.17. The molecular formula is C6H9BrO2. The highest BCUT2D eigenvalue weighted by atomic mass is 79.9. The average molecular weight is 193 g/mol. The van der Waals surface area contributed by atoms with Crippen molar-refractivity contribution < 1.29 is 9.90 Å². The summed E-state index contributed by atoms with van der Waals surface area (Å²) >= 11 is 3.19. The third-order valence-electron chi connectivity index (χ3n) is 2.29. The van der Waals surface area contributed by atoms with Gasteiger partial charge in [0.05, 0.1) is 0 Å². The summed E-state index contributed by atoms with van der Waals surface area (Å²) in [5.74, 6) is -0.188. The molecule has 1 N–H and O–H groups in total. The van der Waals surface area contributed by atoms with E-state index in [2.05, 4.69) is 15.9 Å². The normalized spacial score (nSPS) is 48.8. The van der Waals surface area contributed by atoms with Crippen LogP contribution in [0.3, 0.4) is 0 Å². The molecule has 1 fully saturated rings. The van der Waals surface area contributed by atoms with Crippen LogP contribution in [0.1, 0.15) is 13.8 Å². The molecule has 0 heterocycles. The third kappa shape index (κ3) is 0.707. The van der Waals surface area contributed by atoms with Crippen molar-refractivity contribution in [1.29, 1.82) is 0 Å². The quantitative estimate of drug-likeness (QED) is 0.640. The summed E-state index contributed by atoms with van der Waals surface area (Å²) in [5.41, 5.74) is 0. The lowest BCUT2D eigenvalue weighted by molar-refractivity contribution is -0.137. The Hall–Kier alpha value is -0.0500. The Morgan fingerprint density at radius 2 is 1.89 bits per heavy atom. The summed E-state index contributed by atoms with van der Waals surface area (Å²) in [5, 5.41) is 8.61. The van der Waals surface area contributed by atoms with E-state index in [9.17, 15) is 4.79 Å². The van der Waals surface area contributed by atoms with Crippen molar-refractivity contribution in [2.45, 2.75) is 18.2 Å². The van der Waals surface area contributed by atoms with E-state index in [1.54, 1.807) is 0 Å². The van der Waals surface area contributed by atoms with E-state index < -0.39 is 10.3 Å². The summed E-state index contributed by atoms with van der Waals surface area (Å²) in [6.45, 7) is 3.88. The van der Waals surface area contributed by atoms with E-state index in [0.717, 1.165) is 0 Å². The first kappa shape index (κ1) is 7.06. The molecule has 1 aliphatic rings. The second-order valence-electron chi connectivity index (χ2n) is 2.65. The van der Waals surface area contributed by atoms with Gasteiger partial charge in [-0.25, -0.2) is 0 Å². The Kier molecular flexibility index (Phi) is 1.35. The fraction of sp³-hybridized carbons (Fsp3) is 0.833. The second-order valence-corrected chi connectivity index (χ2v) is 3.96. The minimum Gasteiger partial charge on any atom is -0.480 e. The SMILES string of the molecule is C[C@@H]1[C@@H](C)C1(Br)C(=O)O. The van der Waals surface area contributed by atoms with Crippen LogP contribution in [0.5, 0.6) is 0 Å². The molecule has 52 valence electrons. The molecule has 1 aliphatic carbocycles. The molecule has 9 heavy (non-hydrogen) atoms. The summed E-state index contributed by atoms with van der Waals surface area (Å²) in [4.78, 5) is 10.5. The van der Waals surface area contributed by atoms with Gasteiger partial charge in [-0.15, -0.1) is 0 Å². The zero-order chi connectivity index (χ0) is 7.23. The molecule has 1 rings (SSSR count). The van der Waals surface area contributed by atoms with Crippen molar-refractivity contribution in [2.24, 2.45) is 11.8 Å². The molecule has 2 nitrogen and oxygen atoms in total. The first-order chi connectivity index (χ1) is 4.01. The van der Waals surface area contributed by atoms with E-state index >= 15 is 0 Å². The highest BCUT2D eigenvalue weighted by molar-refractivity contribution is 9.10. The Labute approximate surface area is 62.4 Å². The van der Waals surface area contributed by atoms with E-state index in [4.69, 9.17) is 5.11 Å². The maximum atomic E-state index is 10.5. The van der Waals surface area contributed by atoms with Gasteiger partial charge in [-0.1, -0.05) is 29.8 Å². The van der Waals surface area contributed by atoms with Gasteiger partial charge in [0.2, 0.25) is 0 Å². The number of carboxylic acids is 1. The van der Waals surface area contributed by atoms with Crippen LogP contribution in [0.2, 0.25) is 0 Å². The van der Waals surface area contributed by atoms with Crippen molar-refractivity contribution in [3.05, 3.63) is 0 Å². The van der Waals surface area contributed by atoms with Gasteiger partial charge >= 0.3 is 5.97 Å². The maximum Gasteiger partial charge on any atom is 0.321 e. The highest BCUT2D eigenvalue weighted by Gasteiger charge is 2.63. The van der Waals surface area contributed by atoms with Gasteiger partial charge in [0.25, 0.3) is 0 Å². The van der Waals surface area contributed by atoms with Crippen LogP contribution in [0.4, 0.5) is 0 Å². The molecule has 0 spiro atoms. The molecule has 0 aromatic rings. The Bertz CT molecular complexity index is 147. The van der Waals surface area contributed by atoms with Gasteiger partial charge < -0.3 is 5.11 Å². The number of hydrogen-bond donors (Lipinski definition) is 1. The summed E-state index contributed by atoms with van der Waals surface area (Å²) < 4.78 is -0.604. The topological polar surface area (TPSA) is 37.3 Å². The van der Waals surface area contributed by atoms with E-state index in [1.807, 2.05) is 13.8 Å². The molecule has 0 aliphatic heterocycles. The van der Waals surface area contributed by atoms with Crippen LogP contribution in [-0.2, 0) is 4.79 Å². The highest BCUT2D eigenvalue weighted by Crippen LogP contribution is 2.56. The predicted octanol–water partition coefficient (Wildman–Crippen LogP) is 1.49. The maximum absolute atomic E-state index is 10.5. The Balaban J connectivity index is 2.71. The average Bonchev–Trinajstić information content (AvgIpc) is 2.22. The lowest BCUT2D eigenvalue weighted by atomic mass is 10.3. The minimum absolute atomic E-state index is 0.273. The van der Waals surface area contributed by atoms with Crippen molar-refractivity contribution in [1.82, 2.24) is 0 Å². The van der Waals surface area contributed by atoms with Crippen LogP contribution in [0.25, 0.3) is 0 Å². The zero-order valence-electron chi connectivity index (χ0n) is 5.39. The van der Waals surface area contributed by atoms with Crippen LogP contribution in [0.15, 0.2) is 0 Å². The van der Waals surface area contributed by atoms with Crippen molar-refractivity contribution >= 4 is 21.9 Å². The molecule has 0 bridgehead atoms. The number of carboxylic acid groups (broad SMARTS) is 1. The molecule has 0 aromatic carbocycles. The monoisotopic (exact) mass is 192 g/mol. The number of alkyl halides is 1. The lowest BCUT2D eigenvalue weighted by Gasteiger charge is -1.97. The van der Waals surface area contributed by atoms with Crippen molar-refractivity contribution in [3.8, 4) is 0 Å². The summed E-state index contributed by atoms with van der Waals surface area (Å²) in [6.07, 6.45) is 0. The number of aliphatic carboxylic acids is 1. The van der Waals surface area contributed by atoms with Gasteiger partial charge in [0, 0.05) is 0 Å². The molecule has 0 aromatic heterocycles. The van der Waals surface area contributed by atoms with Gasteiger partial charge in [0.1, 0.15) is 4.32 Å². The molecule has 3 heteroatoms. The van der Waals surface area contributed by atoms with E-state index in [1.165, 1.54) is 0 Å². The standard InChI is InChI=1S/C6H9BrO2/c1-3-4(2)6(3,7)5(8)9/h3-4H,1-2H3,(H,8,9)/t3-,4-/m1/s1. The molecule has 0 saturated heterocycles. The van der Waals surface area contributed by atoms with Crippen LogP contribution >= 0.6 is 15.9 Å². The third-order valence-corrected chi connectivity index (χ3v) is 4.08. The fourth-order valence-electron chi connectivity index (χ4n) is 1.11. The van der Waals surface area contributed by atoms with E-state index in [-0.39, 0.29) is 11.8 Å². The minimum atomic E-state index is -0.734. The predicted molar refractivity (Wildman–Crippen MR) is 37.6 cm³/mol. The largest absolute Gasteiger partial charge is 0.480 e. The summed E-state index contributed by atoms with van der Waals surface area (Å²) in [7, 11) is 0.